The molecule has 0 radical (unpaired) electrons. The number of carbonyl (C=O) groups is 1. The number of likely N-dealkylation sites (N-methyl/N-ethyl adjacent to an activating group) is 1. The van der Waals surface area contributed by atoms with Crippen LogP contribution in [0.4, 0.5) is 0 Å². The lowest BCUT2D eigenvalue weighted by molar-refractivity contribution is -0.133. The molecule has 0 aliphatic carbocycles. The first-order valence-electron chi connectivity index (χ1n) is 6.02. The van der Waals surface area contributed by atoms with Crippen molar-refractivity contribution in [2.45, 2.75) is 37.5 Å². The quantitative estimate of drug-likeness (QED) is 0.775. The van der Waals surface area contributed by atoms with Gasteiger partial charge in [-0.15, -0.1) is 0 Å². The van der Waals surface area contributed by atoms with Crippen molar-refractivity contribution >= 4 is 15.7 Å². The van der Waals surface area contributed by atoms with E-state index >= 15 is 0 Å². The van der Waals surface area contributed by atoms with Crippen LogP contribution < -0.4 is 5.32 Å². The van der Waals surface area contributed by atoms with Gasteiger partial charge in [0.15, 0.2) is 9.84 Å². The number of hydrogen-bond donors (Lipinski definition) is 1. The Balaban J connectivity index is 2.78. The van der Waals surface area contributed by atoms with Gasteiger partial charge in [0.2, 0.25) is 5.91 Å². The highest BCUT2D eigenvalue weighted by Crippen LogP contribution is 2.18. The first-order chi connectivity index (χ1) is 7.88. The van der Waals surface area contributed by atoms with E-state index in [-0.39, 0.29) is 11.9 Å². The minimum absolute atomic E-state index is 0.130. The number of piperidine rings is 1. The van der Waals surface area contributed by atoms with Gasteiger partial charge in [-0.2, -0.15) is 0 Å². The molecule has 1 fully saturated rings. The van der Waals surface area contributed by atoms with Crippen LogP contribution in [-0.4, -0.2) is 56.9 Å². The van der Waals surface area contributed by atoms with Crippen LogP contribution in [0.3, 0.4) is 0 Å². The predicted molar refractivity (Wildman–Crippen MR) is 67.6 cm³/mol. The number of hydrogen-bond acceptors (Lipinski definition) is 4. The van der Waals surface area contributed by atoms with Crippen LogP contribution in [0.2, 0.25) is 0 Å². The van der Waals surface area contributed by atoms with E-state index in [1.807, 2.05) is 7.05 Å². The Kier molecular flexibility index (Phi) is 4.94. The Bertz CT molecular complexity index is 365. The number of nitrogens with zero attached hydrogens (tertiary/aromatic N) is 1. The fourth-order valence-electron chi connectivity index (χ4n) is 2.16. The molecule has 1 rings (SSSR count). The number of carbonyl (C=O) groups excluding carboxylic acids is 1. The standard InChI is InChI=1S/C11H22N2O3S/c1-9(17(3,15)16)11(14)13-7-5-4-6-10(13)8-12-2/h9-10,12H,4-8H2,1-3H3. The van der Waals surface area contributed by atoms with Gasteiger partial charge in [-0.3, -0.25) is 4.79 Å². The summed E-state index contributed by atoms with van der Waals surface area (Å²) >= 11 is 0. The highest BCUT2D eigenvalue weighted by atomic mass is 32.2. The van der Waals surface area contributed by atoms with Crippen molar-refractivity contribution in [1.29, 1.82) is 0 Å². The molecule has 0 aromatic carbocycles. The maximum Gasteiger partial charge on any atom is 0.240 e. The van der Waals surface area contributed by atoms with Gasteiger partial charge in [0.1, 0.15) is 5.25 Å². The van der Waals surface area contributed by atoms with Crippen LogP contribution in [-0.2, 0) is 14.6 Å². The molecule has 1 N–H and O–H groups in total. The fourth-order valence-corrected chi connectivity index (χ4v) is 2.66. The second-order valence-electron chi connectivity index (χ2n) is 4.71. The lowest BCUT2D eigenvalue weighted by Gasteiger charge is -2.37. The van der Waals surface area contributed by atoms with Crippen molar-refractivity contribution in [1.82, 2.24) is 10.2 Å². The van der Waals surface area contributed by atoms with E-state index in [4.69, 9.17) is 0 Å². The van der Waals surface area contributed by atoms with E-state index in [0.717, 1.165) is 32.1 Å². The molecule has 0 saturated carbocycles. The molecule has 1 heterocycles. The molecule has 1 amide bonds. The molecule has 2 atom stereocenters. The summed E-state index contributed by atoms with van der Waals surface area (Å²) in [7, 11) is -1.46. The molecule has 0 spiro atoms. The van der Waals surface area contributed by atoms with Crippen LogP contribution in [0.5, 0.6) is 0 Å². The first-order valence-corrected chi connectivity index (χ1v) is 7.97. The summed E-state index contributed by atoms with van der Waals surface area (Å²) in [5.74, 6) is -0.257. The molecule has 100 valence electrons. The lowest BCUT2D eigenvalue weighted by atomic mass is 10.0. The Morgan fingerprint density at radius 2 is 2.12 bits per heavy atom. The zero-order valence-corrected chi connectivity index (χ0v) is 11.6. The van der Waals surface area contributed by atoms with Crippen LogP contribution in [0, 0.1) is 0 Å². The first kappa shape index (κ1) is 14.4. The van der Waals surface area contributed by atoms with Gasteiger partial charge in [0, 0.05) is 25.4 Å². The van der Waals surface area contributed by atoms with Crippen LogP contribution in [0.15, 0.2) is 0 Å². The summed E-state index contributed by atoms with van der Waals surface area (Å²) in [4.78, 5) is 13.9. The van der Waals surface area contributed by atoms with Gasteiger partial charge in [0.05, 0.1) is 0 Å². The van der Waals surface area contributed by atoms with Gasteiger partial charge in [-0.25, -0.2) is 8.42 Å². The summed E-state index contributed by atoms with van der Waals surface area (Å²) in [5.41, 5.74) is 0. The summed E-state index contributed by atoms with van der Waals surface area (Å²) in [6, 6.07) is 0.130. The summed E-state index contributed by atoms with van der Waals surface area (Å²) in [5, 5.41) is 2.13. The molecule has 2 unspecified atom stereocenters. The average molecular weight is 262 g/mol. The number of rotatable bonds is 4. The molecule has 5 nitrogen and oxygen atoms in total. The second kappa shape index (κ2) is 5.82. The Morgan fingerprint density at radius 1 is 1.47 bits per heavy atom. The van der Waals surface area contributed by atoms with Crippen molar-refractivity contribution in [2.75, 3.05) is 26.4 Å². The van der Waals surface area contributed by atoms with E-state index in [9.17, 15) is 13.2 Å². The van der Waals surface area contributed by atoms with Crippen molar-refractivity contribution in [3.8, 4) is 0 Å². The number of likely N-dealkylation sites (tertiary alicyclic amines) is 1. The van der Waals surface area contributed by atoms with Gasteiger partial charge < -0.3 is 10.2 Å². The zero-order valence-electron chi connectivity index (χ0n) is 10.8. The Morgan fingerprint density at radius 3 is 2.65 bits per heavy atom. The average Bonchev–Trinajstić information content (AvgIpc) is 2.27. The molecule has 17 heavy (non-hydrogen) atoms. The summed E-state index contributed by atoms with van der Waals surface area (Å²) < 4.78 is 22.8. The third kappa shape index (κ3) is 3.67. The van der Waals surface area contributed by atoms with Gasteiger partial charge in [0.25, 0.3) is 0 Å². The molecule has 6 heteroatoms. The van der Waals surface area contributed by atoms with E-state index in [1.165, 1.54) is 6.92 Å². The molecule has 0 aromatic rings. The molecular weight excluding hydrogens is 240 g/mol. The van der Waals surface area contributed by atoms with E-state index in [2.05, 4.69) is 5.32 Å². The third-order valence-electron chi connectivity index (χ3n) is 3.34. The highest BCUT2D eigenvalue weighted by molar-refractivity contribution is 7.92. The predicted octanol–water partition coefficient (Wildman–Crippen LogP) is 0.0200. The van der Waals surface area contributed by atoms with Crippen LogP contribution in [0.1, 0.15) is 26.2 Å². The van der Waals surface area contributed by atoms with Crippen molar-refractivity contribution < 1.29 is 13.2 Å². The highest BCUT2D eigenvalue weighted by Gasteiger charge is 2.33. The minimum atomic E-state index is -3.30. The summed E-state index contributed by atoms with van der Waals surface area (Å²) in [6.07, 6.45) is 4.13. The van der Waals surface area contributed by atoms with Gasteiger partial charge in [-0.1, -0.05) is 0 Å². The Labute approximate surface area is 103 Å². The molecule has 0 aromatic heterocycles. The largest absolute Gasteiger partial charge is 0.337 e. The Hall–Kier alpha value is -0.620. The van der Waals surface area contributed by atoms with Crippen molar-refractivity contribution in [3.05, 3.63) is 0 Å². The van der Waals surface area contributed by atoms with Crippen molar-refractivity contribution in [3.63, 3.8) is 0 Å². The monoisotopic (exact) mass is 262 g/mol. The third-order valence-corrected chi connectivity index (χ3v) is 4.83. The number of nitrogens with one attached hydrogen (secondary N) is 1. The van der Waals surface area contributed by atoms with E-state index in [1.54, 1.807) is 4.90 Å². The molecular formula is C11H22N2O3S. The zero-order chi connectivity index (χ0) is 13.1. The topological polar surface area (TPSA) is 66.5 Å². The molecule has 1 saturated heterocycles. The minimum Gasteiger partial charge on any atom is -0.337 e. The van der Waals surface area contributed by atoms with E-state index in [0.29, 0.717) is 6.54 Å². The maximum atomic E-state index is 12.1. The number of sulfone groups is 1. The van der Waals surface area contributed by atoms with Crippen LogP contribution >= 0.6 is 0 Å². The maximum absolute atomic E-state index is 12.1. The second-order valence-corrected chi connectivity index (χ2v) is 7.08. The number of amides is 1. The lowest BCUT2D eigenvalue weighted by Crippen LogP contribution is -2.52. The smallest absolute Gasteiger partial charge is 0.240 e. The van der Waals surface area contributed by atoms with Crippen molar-refractivity contribution in [2.24, 2.45) is 0 Å². The fraction of sp³-hybridized carbons (Fsp3) is 0.909. The summed E-state index contributed by atoms with van der Waals surface area (Å²) in [6.45, 7) is 2.87. The normalized spacial score (nSPS) is 23.5. The molecule has 1 aliphatic heterocycles. The van der Waals surface area contributed by atoms with Gasteiger partial charge in [-0.05, 0) is 33.2 Å². The van der Waals surface area contributed by atoms with Crippen LogP contribution in [0.25, 0.3) is 0 Å². The SMILES string of the molecule is CNCC1CCCCN1C(=O)C(C)S(C)(=O)=O. The molecule has 0 bridgehead atoms. The van der Waals surface area contributed by atoms with E-state index < -0.39 is 15.1 Å². The molecule has 1 aliphatic rings. The van der Waals surface area contributed by atoms with Gasteiger partial charge >= 0.3 is 0 Å².